The van der Waals surface area contributed by atoms with Crippen LogP contribution in [0.15, 0.2) is 12.1 Å². The highest BCUT2D eigenvalue weighted by molar-refractivity contribution is 7.20. The molecule has 1 amide bonds. The molecule has 0 spiro atoms. The molecule has 2 atom stereocenters. The third kappa shape index (κ3) is 3.99. The fraction of sp³-hybridized carbons (Fsp3) is 0.526. The van der Waals surface area contributed by atoms with Crippen LogP contribution < -0.4 is 0 Å². The number of fused-ring (bicyclic) bond motifs is 1. The highest BCUT2D eigenvalue weighted by atomic mass is 32.1. The van der Waals surface area contributed by atoms with Crippen LogP contribution in [-0.4, -0.2) is 40.5 Å². The van der Waals surface area contributed by atoms with Crippen molar-refractivity contribution >= 4 is 33.4 Å². The minimum Gasteiger partial charge on any atom is -0.451 e. The number of piperidine rings is 1. The number of aromatic nitrogens is 1. The molecule has 0 N–H and O–H groups in total. The van der Waals surface area contributed by atoms with Crippen LogP contribution in [0.5, 0.6) is 0 Å². The molecule has 3 rings (SSSR count). The molecular weight excluding hydrogens is 393 g/mol. The Balaban J connectivity index is 1.74. The number of hydrogen-bond acceptors (Lipinski definition) is 5. The molecule has 2 aromatic rings. The number of pyridine rings is 1. The molecule has 1 fully saturated rings. The quantitative estimate of drug-likeness (QED) is 0.691. The number of halogens is 3. The van der Waals surface area contributed by atoms with Gasteiger partial charge in [0.1, 0.15) is 15.4 Å². The van der Waals surface area contributed by atoms with Gasteiger partial charge in [0.25, 0.3) is 5.91 Å². The van der Waals surface area contributed by atoms with Gasteiger partial charge in [-0.2, -0.15) is 13.2 Å². The van der Waals surface area contributed by atoms with Gasteiger partial charge in [-0.3, -0.25) is 4.79 Å². The van der Waals surface area contributed by atoms with Crippen LogP contribution in [0.3, 0.4) is 0 Å². The van der Waals surface area contributed by atoms with Gasteiger partial charge >= 0.3 is 12.1 Å². The Morgan fingerprint density at radius 1 is 1.25 bits per heavy atom. The number of carbonyl (C=O) groups is 2. The number of amides is 1. The van der Waals surface area contributed by atoms with Crippen LogP contribution >= 0.6 is 11.3 Å². The van der Waals surface area contributed by atoms with Gasteiger partial charge in [-0.15, -0.1) is 11.3 Å². The van der Waals surface area contributed by atoms with Crippen LogP contribution in [-0.2, 0) is 15.7 Å². The van der Waals surface area contributed by atoms with E-state index in [-0.39, 0.29) is 34.3 Å². The van der Waals surface area contributed by atoms with E-state index in [9.17, 15) is 22.8 Å². The summed E-state index contributed by atoms with van der Waals surface area (Å²) in [7, 11) is 0. The van der Waals surface area contributed by atoms with Crippen LogP contribution in [0.2, 0.25) is 0 Å². The maximum absolute atomic E-state index is 12.8. The number of ether oxygens (including phenoxy) is 1. The van der Waals surface area contributed by atoms with Gasteiger partial charge in [0, 0.05) is 17.5 Å². The second-order valence-electron chi connectivity index (χ2n) is 7.11. The Morgan fingerprint density at radius 3 is 2.50 bits per heavy atom. The minimum atomic E-state index is -4.55. The first-order valence-corrected chi connectivity index (χ1v) is 9.87. The summed E-state index contributed by atoms with van der Waals surface area (Å²) in [6.45, 7) is 5.17. The van der Waals surface area contributed by atoms with Gasteiger partial charge in [0.15, 0.2) is 6.61 Å². The Bertz CT molecular complexity index is 900. The summed E-state index contributed by atoms with van der Waals surface area (Å²) in [5.41, 5.74) is -0.511. The van der Waals surface area contributed by atoms with E-state index in [2.05, 4.69) is 4.98 Å². The topological polar surface area (TPSA) is 59.5 Å². The number of carbonyl (C=O) groups excluding carboxylic acids is 2. The Morgan fingerprint density at radius 2 is 1.89 bits per heavy atom. The van der Waals surface area contributed by atoms with E-state index in [1.165, 1.54) is 6.07 Å². The summed E-state index contributed by atoms with van der Waals surface area (Å²) in [4.78, 5) is 30.5. The predicted molar refractivity (Wildman–Crippen MR) is 99.3 cm³/mol. The van der Waals surface area contributed by atoms with Crippen molar-refractivity contribution in [2.45, 2.75) is 58.3 Å². The Kier molecular flexibility index (Phi) is 5.65. The van der Waals surface area contributed by atoms with Gasteiger partial charge in [-0.25, -0.2) is 9.78 Å². The summed E-state index contributed by atoms with van der Waals surface area (Å²) in [6.07, 6.45) is -1.68. The van der Waals surface area contributed by atoms with Crippen molar-refractivity contribution in [2.24, 2.45) is 0 Å². The number of hydrogen-bond donors (Lipinski definition) is 0. The first-order chi connectivity index (χ1) is 13.1. The standard InChI is InChI=1S/C19H21F3N2O3S/c1-10-5-4-6-11(2)24(10)15(25)9-27-18(26)16-12(3)13-7-8-14(19(20,21)22)23-17(13)28-16/h7-8,10-11H,4-6,9H2,1-3H3. The molecule has 0 aromatic carbocycles. The molecule has 1 aliphatic heterocycles. The van der Waals surface area contributed by atoms with Crippen LogP contribution in [0, 0.1) is 6.92 Å². The molecule has 9 heteroatoms. The number of aryl methyl sites for hydroxylation is 1. The second kappa shape index (κ2) is 7.69. The van der Waals surface area contributed by atoms with E-state index in [0.717, 1.165) is 36.7 Å². The van der Waals surface area contributed by atoms with Gasteiger partial charge in [0.05, 0.1) is 0 Å². The van der Waals surface area contributed by atoms with Gasteiger partial charge < -0.3 is 9.64 Å². The largest absolute Gasteiger partial charge is 0.451 e. The van der Waals surface area contributed by atoms with Crippen molar-refractivity contribution in [1.29, 1.82) is 0 Å². The lowest BCUT2D eigenvalue weighted by atomic mass is 9.97. The van der Waals surface area contributed by atoms with Gasteiger partial charge in [-0.1, -0.05) is 0 Å². The molecule has 5 nitrogen and oxygen atoms in total. The molecule has 0 saturated carbocycles. The third-order valence-electron chi connectivity index (χ3n) is 5.09. The maximum Gasteiger partial charge on any atom is 0.433 e. The van der Waals surface area contributed by atoms with Crippen LogP contribution in [0.25, 0.3) is 10.2 Å². The number of thiophene rings is 1. The normalized spacial score (nSPS) is 20.4. The van der Waals surface area contributed by atoms with Gasteiger partial charge in [-0.05, 0) is 57.7 Å². The van der Waals surface area contributed by atoms with Crippen molar-refractivity contribution in [1.82, 2.24) is 9.88 Å². The third-order valence-corrected chi connectivity index (χ3v) is 6.27. The Hall–Kier alpha value is -2.16. The molecule has 28 heavy (non-hydrogen) atoms. The van der Waals surface area contributed by atoms with E-state index in [1.807, 2.05) is 13.8 Å². The van der Waals surface area contributed by atoms with E-state index >= 15 is 0 Å². The fourth-order valence-corrected chi connectivity index (χ4v) is 4.71. The van der Waals surface area contributed by atoms with E-state index in [0.29, 0.717) is 10.9 Å². The number of rotatable bonds is 3. The Labute approximate surface area is 164 Å². The summed E-state index contributed by atoms with van der Waals surface area (Å²) >= 11 is 0.840. The number of nitrogens with zero attached hydrogens (tertiary/aromatic N) is 2. The van der Waals surface area contributed by atoms with E-state index in [4.69, 9.17) is 4.74 Å². The molecule has 0 bridgehead atoms. The molecular formula is C19H21F3N2O3S. The van der Waals surface area contributed by atoms with E-state index < -0.39 is 17.8 Å². The highest BCUT2D eigenvalue weighted by Crippen LogP contribution is 2.34. The number of alkyl halides is 3. The van der Waals surface area contributed by atoms with Crippen molar-refractivity contribution < 1.29 is 27.5 Å². The zero-order valence-corrected chi connectivity index (χ0v) is 16.6. The number of esters is 1. The smallest absolute Gasteiger partial charge is 0.433 e. The second-order valence-corrected chi connectivity index (χ2v) is 8.11. The summed E-state index contributed by atoms with van der Waals surface area (Å²) in [5.74, 6) is -0.982. The highest BCUT2D eigenvalue weighted by Gasteiger charge is 2.33. The van der Waals surface area contributed by atoms with Crippen molar-refractivity contribution in [3.8, 4) is 0 Å². The fourth-order valence-electron chi connectivity index (χ4n) is 3.63. The average Bonchev–Trinajstić information content (AvgIpc) is 2.95. The lowest BCUT2D eigenvalue weighted by molar-refractivity contribution is -0.141. The predicted octanol–water partition coefficient (Wildman–Crippen LogP) is 4.57. The van der Waals surface area contributed by atoms with Crippen molar-refractivity contribution in [3.63, 3.8) is 0 Å². The monoisotopic (exact) mass is 414 g/mol. The molecule has 1 saturated heterocycles. The van der Waals surface area contributed by atoms with Crippen LogP contribution in [0.1, 0.15) is 54.0 Å². The SMILES string of the molecule is Cc1c(C(=O)OCC(=O)N2C(C)CCCC2C)sc2nc(C(F)(F)F)ccc12. The average molecular weight is 414 g/mol. The molecule has 152 valence electrons. The zero-order valence-electron chi connectivity index (χ0n) is 15.8. The van der Waals surface area contributed by atoms with Crippen molar-refractivity contribution in [3.05, 3.63) is 28.3 Å². The molecule has 0 radical (unpaired) electrons. The summed E-state index contributed by atoms with van der Waals surface area (Å²) < 4.78 is 43.7. The molecule has 3 heterocycles. The van der Waals surface area contributed by atoms with Gasteiger partial charge in [0.2, 0.25) is 0 Å². The minimum absolute atomic E-state index is 0.0889. The lowest BCUT2D eigenvalue weighted by Gasteiger charge is -2.38. The first kappa shape index (κ1) is 20.6. The molecule has 1 aliphatic rings. The molecule has 2 unspecified atom stereocenters. The van der Waals surface area contributed by atoms with Crippen molar-refractivity contribution in [2.75, 3.05) is 6.61 Å². The zero-order chi connectivity index (χ0) is 20.6. The number of likely N-dealkylation sites (tertiary alicyclic amines) is 1. The maximum atomic E-state index is 12.8. The van der Waals surface area contributed by atoms with E-state index in [1.54, 1.807) is 11.8 Å². The first-order valence-electron chi connectivity index (χ1n) is 9.05. The lowest BCUT2D eigenvalue weighted by Crippen LogP contribution is -2.49. The molecule has 2 aromatic heterocycles. The van der Waals surface area contributed by atoms with Crippen LogP contribution in [0.4, 0.5) is 13.2 Å². The molecule has 0 aliphatic carbocycles. The summed E-state index contributed by atoms with van der Waals surface area (Å²) in [6, 6.07) is 2.37. The summed E-state index contributed by atoms with van der Waals surface area (Å²) in [5, 5.41) is 0.467.